The Hall–Kier alpha value is -2.83. The van der Waals surface area contributed by atoms with E-state index in [-0.39, 0.29) is 6.61 Å². The summed E-state index contributed by atoms with van der Waals surface area (Å²) in [5.74, 6) is 1.68. The van der Waals surface area contributed by atoms with E-state index in [2.05, 4.69) is 62.5 Å². The van der Waals surface area contributed by atoms with E-state index in [1.165, 1.54) is 16.8 Å². The maximum Gasteiger partial charge on any atom is 0.118 e. The van der Waals surface area contributed by atoms with Crippen molar-refractivity contribution in [2.24, 2.45) is 0 Å². The Morgan fingerprint density at radius 2 is 1.80 bits per heavy atom. The van der Waals surface area contributed by atoms with E-state index in [9.17, 15) is 0 Å². The lowest BCUT2D eigenvalue weighted by atomic mass is 9.87. The number of nitrogens with zero attached hydrogens (tertiary/aromatic N) is 3. The van der Waals surface area contributed by atoms with Gasteiger partial charge < -0.3 is 14.7 Å². The van der Waals surface area contributed by atoms with Crippen molar-refractivity contribution in [3.05, 3.63) is 77.6 Å². The number of hydrogen-bond donors (Lipinski definition) is 2. The van der Waals surface area contributed by atoms with E-state index in [4.69, 9.17) is 9.84 Å². The molecular weight excluding hydrogens is 376 g/mol. The minimum atomic E-state index is 0.160. The topological polar surface area (TPSA) is 64.6 Å². The summed E-state index contributed by atoms with van der Waals surface area (Å²) in [4.78, 5) is 4.58. The standard InChI is InChI=1S/C24H30N4O2/c1-27(13-14-29)20-7-3-18(4-8-20)15-28-16-22(19-5-9-21(30-2)10-6-19)23(17-28)24-11-12-25-26-24/h3-12,22-23,29H,13-17H2,1-2H3,(H,25,26)/t22-,23+/m0/s1. The molecule has 4 rings (SSSR count). The van der Waals surface area contributed by atoms with Gasteiger partial charge in [0, 0.05) is 62.6 Å². The summed E-state index contributed by atoms with van der Waals surface area (Å²) >= 11 is 0. The van der Waals surface area contributed by atoms with Crippen LogP contribution in [0.25, 0.3) is 0 Å². The quantitative estimate of drug-likeness (QED) is 0.601. The van der Waals surface area contributed by atoms with Gasteiger partial charge >= 0.3 is 0 Å². The van der Waals surface area contributed by atoms with Crippen molar-refractivity contribution in [1.82, 2.24) is 15.1 Å². The first-order valence-corrected chi connectivity index (χ1v) is 10.4. The van der Waals surface area contributed by atoms with Gasteiger partial charge in [0.2, 0.25) is 0 Å². The monoisotopic (exact) mass is 406 g/mol. The van der Waals surface area contributed by atoms with Crippen molar-refractivity contribution in [1.29, 1.82) is 0 Å². The summed E-state index contributed by atoms with van der Waals surface area (Å²) in [6.45, 7) is 3.71. The number of methoxy groups -OCH3 is 1. The molecule has 1 aliphatic heterocycles. The fraction of sp³-hybridized carbons (Fsp3) is 0.375. The highest BCUT2D eigenvalue weighted by Gasteiger charge is 2.35. The number of ether oxygens (including phenoxy) is 1. The summed E-state index contributed by atoms with van der Waals surface area (Å²) in [6, 6.07) is 19.2. The number of aliphatic hydroxyl groups excluding tert-OH is 1. The summed E-state index contributed by atoms with van der Waals surface area (Å²) in [5, 5.41) is 16.5. The third-order valence-electron chi connectivity index (χ3n) is 6.08. The summed E-state index contributed by atoms with van der Waals surface area (Å²) in [7, 11) is 3.70. The van der Waals surface area contributed by atoms with Gasteiger partial charge in [0.05, 0.1) is 13.7 Å². The summed E-state index contributed by atoms with van der Waals surface area (Å²) in [6.07, 6.45) is 1.84. The van der Waals surface area contributed by atoms with Crippen LogP contribution >= 0.6 is 0 Å². The summed E-state index contributed by atoms with van der Waals surface area (Å²) < 4.78 is 5.33. The molecule has 0 radical (unpaired) electrons. The number of aromatic nitrogens is 2. The molecule has 158 valence electrons. The highest BCUT2D eigenvalue weighted by Crippen LogP contribution is 2.39. The highest BCUT2D eigenvalue weighted by molar-refractivity contribution is 5.47. The second-order valence-corrected chi connectivity index (χ2v) is 8.00. The Morgan fingerprint density at radius 3 is 2.43 bits per heavy atom. The van der Waals surface area contributed by atoms with Crippen LogP contribution in [0.5, 0.6) is 5.75 Å². The Morgan fingerprint density at radius 1 is 1.07 bits per heavy atom. The molecule has 1 aliphatic rings. The zero-order valence-electron chi connectivity index (χ0n) is 17.7. The van der Waals surface area contributed by atoms with Crippen molar-refractivity contribution >= 4 is 5.69 Å². The van der Waals surface area contributed by atoms with Crippen LogP contribution in [-0.2, 0) is 6.54 Å². The number of aliphatic hydroxyl groups is 1. The second kappa shape index (κ2) is 9.32. The molecule has 1 aromatic heterocycles. The van der Waals surface area contributed by atoms with Crippen LogP contribution in [0.15, 0.2) is 60.8 Å². The van der Waals surface area contributed by atoms with Crippen LogP contribution in [0, 0.1) is 0 Å². The number of likely N-dealkylation sites (tertiary alicyclic amines) is 1. The summed E-state index contributed by atoms with van der Waals surface area (Å²) in [5.41, 5.74) is 4.95. The molecule has 0 unspecified atom stereocenters. The number of nitrogens with one attached hydrogen (secondary N) is 1. The van der Waals surface area contributed by atoms with Crippen LogP contribution in [0.1, 0.15) is 28.7 Å². The molecule has 2 N–H and O–H groups in total. The predicted molar refractivity (Wildman–Crippen MR) is 119 cm³/mol. The first kappa shape index (κ1) is 20.4. The number of benzene rings is 2. The zero-order valence-corrected chi connectivity index (χ0v) is 17.7. The van der Waals surface area contributed by atoms with E-state index in [1.54, 1.807) is 7.11 Å². The van der Waals surface area contributed by atoms with Crippen LogP contribution in [0.3, 0.4) is 0 Å². The predicted octanol–water partition coefficient (Wildman–Crippen LogP) is 3.23. The lowest BCUT2D eigenvalue weighted by molar-refractivity contribution is 0.304. The van der Waals surface area contributed by atoms with Gasteiger partial charge in [0.25, 0.3) is 0 Å². The number of hydrogen-bond acceptors (Lipinski definition) is 5. The Labute approximate surface area is 178 Å². The first-order chi connectivity index (χ1) is 14.7. The van der Waals surface area contributed by atoms with Gasteiger partial charge in [0.1, 0.15) is 5.75 Å². The van der Waals surface area contributed by atoms with E-state index >= 15 is 0 Å². The Balaban J connectivity index is 1.49. The highest BCUT2D eigenvalue weighted by atomic mass is 16.5. The van der Waals surface area contributed by atoms with E-state index in [1.807, 2.05) is 25.4 Å². The number of H-pyrrole nitrogens is 1. The van der Waals surface area contributed by atoms with Gasteiger partial charge in [-0.1, -0.05) is 24.3 Å². The van der Waals surface area contributed by atoms with E-state index < -0.39 is 0 Å². The molecule has 30 heavy (non-hydrogen) atoms. The smallest absolute Gasteiger partial charge is 0.118 e. The molecule has 2 atom stereocenters. The van der Waals surface area contributed by atoms with E-state index in [0.717, 1.165) is 31.1 Å². The molecule has 0 saturated carbocycles. The number of anilines is 1. The van der Waals surface area contributed by atoms with Crippen molar-refractivity contribution in [3.8, 4) is 5.75 Å². The minimum Gasteiger partial charge on any atom is -0.497 e. The molecule has 3 aromatic rings. The molecule has 1 fully saturated rings. The molecule has 0 amide bonds. The van der Waals surface area contributed by atoms with Gasteiger partial charge in [-0.15, -0.1) is 0 Å². The zero-order chi connectivity index (χ0) is 20.9. The van der Waals surface area contributed by atoms with Crippen molar-refractivity contribution in [3.63, 3.8) is 0 Å². The largest absolute Gasteiger partial charge is 0.497 e. The SMILES string of the molecule is COc1ccc([C@@H]2CN(Cc3ccc(N(C)CCO)cc3)C[C@H]2c2ccn[nH]2)cc1. The fourth-order valence-electron chi connectivity index (χ4n) is 4.38. The average molecular weight is 407 g/mol. The molecule has 2 aromatic carbocycles. The van der Waals surface area contributed by atoms with Crippen LogP contribution in [0.2, 0.25) is 0 Å². The fourth-order valence-corrected chi connectivity index (χ4v) is 4.38. The van der Waals surface area contributed by atoms with E-state index in [0.29, 0.717) is 18.4 Å². The van der Waals surface area contributed by atoms with Crippen molar-refractivity contribution in [2.45, 2.75) is 18.4 Å². The third-order valence-corrected chi connectivity index (χ3v) is 6.08. The average Bonchev–Trinajstić information content (AvgIpc) is 3.44. The molecule has 0 bridgehead atoms. The van der Waals surface area contributed by atoms with Gasteiger partial charge in [0.15, 0.2) is 0 Å². The first-order valence-electron chi connectivity index (χ1n) is 10.4. The van der Waals surface area contributed by atoms with Gasteiger partial charge in [-0.25, -0.2) is 0 Å². The van der Waals surface area contributed by atoms with Crippen LogP contribution in [-0.4, -0.2) is 60.6 Å². The van der Waals surface area contributed by atoms with Crippen LogP contribution < -0.4 is 9.64 Å². The lowest BCUT2D eigenvalue weighted by Gasteiger charge is -2.20. The third kappa shape index (κ3) is 4.50. The second-order valence-electron chi connectivity index (χ2n) is 8.00. The molecule has 2 heterocycles. The Kier molecular flexibility index (Phi) is 6.35. The molecule has 1 saturated heterocycles. The van der Waals surface area contributed by atoms with Crippen LogP contribution in [0.4, 0.5) is 5.69 Å². The van der Waals surface area contributed by atoms with Gasteiger partial charge in [-0.2, -0.15) is 5.10 Å². The number of rotatable bonds is 8. The molecule has 0 aliphatic carbocycles. The molecule has 6 heteroatoms. The van der Waals surface area contributed by atoms with Gasteiger partial charge in [-0.05, 0) is 41.5 Å². The van der Waals surface area contributed by atoms with Crippen molar-refractivity contribution < 1.29 is 9.84 Å². The molecular formula is C24H30N4O2. The van der Waals surface area contributed by atoms with Gasteiger partial charge in [-0.3, -0.25) is 10.00 Å². The minimum absolute atomic E-state index is 0.160. The number of likely N-dealkylation sites (N-methyl/N-ethyl adjacent to an activating group) is 1. The van der Waals surface area contributed by atoms with Crippen molar-refractivity contribution in [2.75, 3.05) is 45.3 Å². The normalized spacial score (nSPS) is 19.2. The lowest BCUT2D eigenvalue weighted by Crippen LogP contribution is -2.22. The molecule has 6 nitrogen and oxygen atoms in total. The molecule has 0 spiro atoms. The number of aromatic amines is 1. The maximum atomic E-state index is 9.13. The Bertz CT molecular complexity index is 909. The maximum absolute atomic E-state index is 9.13.